The molecule has 0 aliphatic carbocycles. The van der Waals surface area contributed by atoms with E-state index in [2.05, 4.69) is 53.0 Å². The van der Waals surface area contributed by atoms with Gasteiger partial charge in [0, 0.05) is 41.3 Å². The largest absolute Gasteiger partial charge is 0.496 e. The molecule has 1 N–H and O–H groups in total. The van der Waals surface area contributed by atoms with E-state index < -0.39 is 0 Å². The van der Waals surface area contributed by atoms with E-state index in [1.165, 1.54) is 12.0 Å². The third-order valence-corrected chi connectivity index (χ3v) is 4.71. The smallest absolute Gasteiger partial charge is 0.123 e. The monoisotopic (exact) mass is 340 g/mol. The van der Waals surface area contributed by atoms with E-state index >= 15 is 0 Å². The lowest BCUT2D eigenvalue weighted by molar-refractivity contribution is 0.0570. The van der Waals surface area contributed by atoms with Crippen LogP contribution in [0.4, 0.5) is 0 Å². The van der Waals surface area contributed by atoms with Crippen molar-refractivity contribution in [1.29, 1.82) is 0 Å². The molecule has 2 rings (SSSR count). The Hall–Kier alpha value is -0.580. The van der Waals surface area contributed by atoms with Gasteiger partial charge in [0.15, 0.2) is 0 Å². The Morgan fingerprint density at radius 1 is 1.45 bits per heavy atom. The lowest BCUT2D eigenvalue weighted by Crippen LogP contribution is -2.61. The Bertz CT molecular complexity index is 462. The van der Waals surface area contributed by atoms with Crippen LogP contribution in [0, 0.1) is 0 Å². The molecule has 0 amide bonds. The summed E-state index contributed by atoms with van der Waals surface area (Å²) < 4.78 is 6.60. The van der Waals surface area contributed by atoms with Crippen molar-refractivity contribution in [3.8, 4) is 5.75 Å². The van der Waals surface area contributed by atoms with Crippen LogP contribution in [-0.2, 0) is 6.54 Å². The quantitative estimate of drug-likeness (QED) is 0.908. The Morgan fingerprint density at radius 2 is 2.20 bits per heavy atom. The van der Waals surface area contributed by atoms with Crippen molar-refractivity contribution in [2.45, 2.75) is 45.3 Å². The molecule has 1 aromatic rings. The van der Waals surface area contributed by atoms with E-state index in [0.29, 0.717) is 6.04 Å². The normalized spacial score (nSPS) is 22.8. The Morgan fingerprint density at radius 3 is 2.85 bits per heavy atom. The second-order valence-electron chi connectivity index (χ2n) is 6.14. The Balaban J connectivity index is 2.20. The van der Waals surface area contributed by atoms with Gasteiger partial charge < -0.3 is 10.1 Å². The summed E-state index contributed by atoms with van der Waals surface area (Å²) in [5.74, 6) is 0.968. The van der Waals surface area contributed by atoms with Gasteiger partial charge in [-0.25, -0.2) is 0 Å². The van der Waals surface area contributed by atoms with Crippen molar-refractivity contribution in [2.75, 3.05) is 20.2 Å². The number of benzene rings is 1. The summed E-state index contributed by atoms with van der Waals surface area (Å²) in [5.41, 5.74) is 1.41. The molecule has 112 valence electrons. The van der Waals surface area contributed by atoms with Crippen LogP contribution in [0.2, 0.25) is 0 Å². The van der Waals surface area contributed by atoms with Gasteiger partial charge in [-0.2, -0.15) is 0 Å². The predicted molar refractivity (Wildman–Crippen MR) is 87.3 cm³/mol. The minimum absolute atomic E-state index is 0.166. The van der Waals surface area contributed by atoms with Crippen LogP contribution >= 0.6 is 15.9 Å². The molecular weight excluding hydrogens is 316 g/mol. The molecule has 0 spiro atoms. The van der Waals surface area contributed by atoms with Crippen LogP contribution in [-0.4, -0.2) is 36.7 Å². The number of rotatable bonds is 4. The molecule has 0 aromatic heterocycles. The molecule has 1 heterocycles. The number of hydrogen-bond donors (Lipinski definition) is 1. The van der Waals surface area contributed by atoms with E-state index in [4.69, 9.17) is 4.74 Å². The van der Waals surface area contributed by atoms with Crippen molar-refractivity contribution in [1.82, 2.24) is 10.2 Å². The number of nitrogens with one attached hydrogen (secondary N) is 1. The summed E-state index contributed by atoms with van der Waals surface area (Å²) in [6.45, 7) is 9.88. The van der Waals surface area contributed by atoms with Gasteiger partial charge in [-0.05, 0) is 38.5 Å². The first-order valence-corrected chi connectivity index (χ1v) is 8.06. The Labute approximate surface area is 130 Å². The second-order valence-corrected chi connectivity index (χ2v) is 7.05. The highest BCUT2D eigenvalue weighted by Crippen LogP contribution is 2.28. The van der Waals surface area contributed by atoms with Crippen LogP contribution in [0.1, 0.15) is 32.8 Å². The number of piperazine rings is 1. The number of methoxy groups -OCH3 is 1. The first kappa shape index (κ1) is 15.8. The molecule has 3 nitrogen and oxygen atoms in total. The number of hydrogen-bond acceptors (Lipinski definition) is 3. The molecule has 1 aromatic carbocycles. The third-order valence-electron chi connectivity index (χ3n) is 4.22. The summed E-state index contributed by atoms with van der Waals surface area (Å²) in [6.07, 6.45) is 1.17. The minimum atomic E-state index is 0.166. The van der Waals surface area contributed by atoms with Gasteiger partial charge in [0.05, 0.1) is 7.11 Å². The SMILES string of the molecule is CCC1CN(Cc2cc(Br)ccc2OC)C(C)(C)CN1. The topological polar surface area (TPSA) is 24.5 Å². The molecule has 0 bridgehead atoms. The summed E-state index contributed by atoms with van der Waals surface area (Å²) in [4.78, 5) is 2.56. The zero-order valence-electron chi connectivity index (χ0n) is 12.9. The van der Waals surface area contributed by atoms with Crippen LogP contribution in [0.15, 0.2) is 22.7 Å². The van der Waals surface area contributed by atoms with E-state index in [-0.39, 0.29) is 5.54 Å². The lowest BCUT2D eigenvalue weighted by Gasteiger charge is -2.46. The highest BCUT2D eigenvalue weighted by Gasteiger charge is 2.33. The maximum Gasteiger partial charge on any atom is 0.123 e. The first-order valence-electron chi connectivity index (χ1n) is 7.27. The highest BCUT2D eigenvalue weighted by atomic mass is 79.9. The molecule has 1 saturated heterocycles. The van der Waals surface area contributed by atoms with Gasteiger partial charge in [0.2, 0.25) is 0 Å². The van der Waals surface area contributed by atoms with Gasteiger partial charge in [-0.3, -0.25) is 4.90 Å². The molecular formula is C16H25BrN2O. The van der Waals surface area contributed by atoms with Crippen LogP contribution in [0.3, 0.4) is 0 Å². The van der Waals surface area contributed by atoms with Crippen molar-refractivity contribution in [3.63, 3.8) is 0 Å². The van der Waals surface area contributed by atoms with Crippen molar-refractivity contribution >= 4 is 15.9 Å². The average Bonchev–Trinajstić information content (AvgIpc) is 2.41. The molecule has 4 heteroatoms. The van der Waals surface area contributed by atoms with Gasteiger partial charge in [-0.15, -0.1) is 0 Å². The number of nitrogens with zero attached hydrogens (tertiary/aromatic N) is 1. The zero-order chi connectivity index (χ0) is 14.8. The summed E-state index contributed by atoms with van der Waals surface area (Å²) in [7, 11) is 1.74. The summed E-state index contributed by atoms with van der Waals surface area (Å²) >= 11 is 3.56. The number of halogens is 1. The summed E-state index contributed by atoms with van der Waals surface area (Å²) in [5, 5.41) is 3.63. The van der Waals surface area contributed by atoms with E-state index in [9.17, 15) is 0 Å². The lowest BCUT2D eigenvalue weighted by atomic mass is 9.95. The molecule has 1 atom stereocenters. The molecule has 1 aliphatic heterocycles. The van der Waals surface area contributed by atoms with Crippen molar-refractivity contribution < 1.29 is 4.74 Å². The zero-order valence-corrected chi connectivity index (χ0v) is 14.5. The van der Waals surface area contributed by atoms with Crippen LogP contribution in [0.5, 0.6) is 5.75 Å². The molecule has 0 saturated carbocycles. The average molecular weight is 341 g/mol. The van der Waals surface area contributed by atoms with Gasteiger partial charge in [-0.1, -0.05) is 22.9 Å². The maximum atomic E-state index is 5.50. The fraction of sp³-hybridized carbons (Fsp3) is 0.625. The molecule has 1 aliphatic rings. The molecule has 1 fully saturated rings. The Kier molecular flexibility index (Phi) is 5.10. The highest BCUT2D eigenvalue weighted by molar-refractivity contribution is 9.10. The minimum Gasteiger partial charge on any atom is -0.496 e. The van der Waals surface area contributed by atoms with Gasteiger partial charge in [0.25, 0.3) is 0 Å². The van der Waals surface area contributed by atoms with Crippen LogP contribution < -0.4 is 10.1 Å². The van der Waals surface area contributed by atoms with E-state index in [0.717, 1.165) is 29.9 Å². The van der Waals surface area contributed by atoms with Crippen LogP contribution in [0.25, 0.3) is 0 Å². The fourth-order valence-corrected chi connectivity index (χ4v) is 3.12. The third kappa shape index (κ3) is 3.54. The van der Waals surface area contributed by atoms with Crippen molar-refractivity contribution in [3.05, 3.63) is 28.2 Å². The van der Waals surface area contributed by atoms with Crippen molar-refractivity contribution in [2.24, 2.45) is 0 Å². The summed E-state index contributed by atoms with van der Waals surface area (Å²) in [6, 6.07) is 6.81. The standard InChI is InChI=1S/C16H25BrN2O/c1-5-14-10-19(16(2,3)11-18-14)9-12-8-13(17)6-7-15(12)20-4/h6-8,14,18H,5,9-11H2,1-4H3. The fourth-order valence-electron chi connectivity index (χ4n) is 2.71. The predicted octanol–water partition coefficient (Wildman–Crippen LogP) is 3.42. The molecule has 0 radical (unpaired) electrons. The second kappa shape index (κ2) is 6.46. The van der Waals surface area contributed by atoms with Gasteiger partial charge >= 0.3 is 0 Å². The first-order chi connectivity index (χ1) is 9.46. The number of ether oxygens (including phenoxy) is 1. The van der Waals surface area contributed by atoms with E-state index in [1.807, 2.05) is 12.1 Å². The van der Waals surface area contributed by atoms with Gasteiger partial charge in [0.1, 0.15) is 5.75 Å². The molecule has 20 heavy (non-hydrogen) atoms. The maximum absolute atomic E-state index is 5.50. The van der Waals surface area contributed by atoms with E-state index in [1.54, 1.807) is 7.11 Å². The molecule has 1 unspecified atom stereocenters.